The molecule has 0 bridgehead atoms. The highest BCUT2D eigenvalue weighted by Crippen LogP contribution is 2.24. The highest BCUT2D eigenvalue weighted by Gasteiger charge is 2.23. The normalized spacial score (nSPS) is 13.0. The summed E-state index contributed by atoms with van der Waals surface area (Å²) in [6, 6.07) is 10.3. The van der Waals surface area contributed by atoms with E-state index in [2.05, 4.69) is 9.71 Å². The van der Waals surface area contributed by atoms with E-state index in [0.29, 0.717) is 28.5 Å². The van der Waals surface area contributed by atoms with Crippen LogP contribution in [0, 0.1) is 0 Å². The van der Waals surface area contributed by atoms with E-state index in [1.54, 1.807) is 25.1 Å². The number of nitrogens with zero attached hydrogens (tertiary/aromatic N) is 2. The van der Waals surface area contributed by atoms with Gasteiger partial charge in [-0.15, -0.1) is 0 Å². The van der Waals surface area contributed by atoms with E-state index < -0.39 is 22.0 Å². The van der Waals surface area contributed by atoms with Gasteiger partial charge in [0, 0.05) is 17.1 Å². The first kappa shape index (κ1) is 19.3. The number of carbonyl (C=O) groups excluding carboxylic acids is 1. The summed E-state index contributed by atoms with van der Waals surface area (Å²) in [6.45, 7) is 4.25. The highest BCUT2D eigenvalue weighted by atomic mass is 35.5. The summed E-state index contributed by atoms with van der Waals surface area (Å²) in [5.74, 6) is 0.00708. The number of imidazole rings is 1. The molecule has 1 heterocycles. The molecule has 142 valence electrons. The van der Waals surface area contributed by atoms with Crippen molar-refractivity contribution < 1.29 is 13.2 Å². The number of hydrogen-bond donors (Lipinski definition) is 2. The van der Waals surface area contributed by atoms with Gasteiger partial charge in [-0.1, -0.05) is 11.6 Å². The van der Waals surface area contributed by atoms with E-state index >= 15 is 0 Å². The van der Waals surface area contributed by atoms with Gasteiger partial charge in [0.2, 0.25) is 15.9 Å². The summed E-state index contributed by atoms with van der Waals surface area (Å²) in [5, 5.41) is 0.458. The molecule has 0 saturated heterocycles. The van der Waals surface area contributed by atoms with Crippen molar-refractivity contribution in [2.24, 2.45) is 5.73 Å². The second-order valence-electron chi connectivity index (χ2n) is 6.08. The van der Waals surface area contributed by atoms with Crippen LogP contribution in [0.25, 0.3) is 11.0 Å². The molecule has 0 unspecified atom stereocenters. The quantitative estimate of drug-likeness (QED) is 0.656. The molecule has 0 spiro atoms. The lowest BCUT2D eigenvalue weighted by molar-refractivity contribution is 0.100. The number of aromatic nitrogens is 2. The number of amides is 1. The average Bonchev–Trinajstić information content (AvgIpc) is 2.99. The summed E-state index contributed by atoms with van der Waals surface area (Å²) < 4.78 is 29.8. The van der Waals surface area contributed by atoms with Crippen LogP contribution in [-0.4, -0.2) is 23.9 Å². The standard InChI is InChI=1S/C18H19ClN4O3S/c1-3-23-16-9-4-12(17(20)24)10-15(16)21-18(23)11(2)22-27(25,26)14-7-5-13(19)6-8-14/h4-11,22H,3H2,1-2H3,(H2,20,24)/t11-/m1/s1. The second kappa shape index (κ2) is 7.30. The third-order valence-electron chi connectivity index (χ3n) is 4.22. The fraction of sp³-hybridized carbons (Fsp3) is 0.222. The minimum atomic E-state index is -3.74. The molecule has 1 atom stereocenters. The minimum Gasteiger partial charge on any atom is -0.366 e. The van der Waals surface area contributed by atoms with Crippen LogP contribution < -0.4 is 10.5 Å². The zero-order valence-electron chi connectivity index (χ0n) is 14.8. The van der Waals surface area contributed by atoms with Gasteiger partial charge in [0.15, 0.2) is 0 Å². The molecule has 0 aliphatic rings. The fourth-order valence-corrected chi connectivity index (χ4v) is 4.26. The number of benzene rings is 2. The Morgan fingerprint density at radius 1 is 1.26 bits per heavy atom. The molecule has 1 aromatic heterocycles. The molecule has 0 aliphatic heterocycles. The van der Waals surface area contributed by atoms with Gasteiger partial charge in [-0.25, -0.2) is 18.1 Å². The van der Waals surface area contributed by atoms with Crippen molar-refractivity contribution in [2.45, 2.75) is 31.3 Å². The molecule has 2 aromatic carbocycles. The van der Waals surface area contributed by atoms with Gasteiger partial charge in [0.25, 0.3) is 0 Å². The maximum Gasteiger partial charge on any atom is 0.248 e. The van der Waals surface area contributed by atoms with Crippen LogP contribution >= 0.6 is 11.6 Å². The molecule has 7 nitrogen and oxygen atoms in total. The smallest absolute Gasteiger partial charge is 0.248 e. The van der Waals surface area contributed by atoms with Gasteiger partial charge in [-0.05, 0) is 56.3 Å². The average molecular weight is 407 g/mol. The lowest BCUT2D eigenvalue weighted by Crippen LogP contribution is -2.28. The lowest BCUT2D eigenvalue weighted by Gasteiger charge is -2.15. The van der Waals surface area contributed by atoms with Crippen molar-refractivity contribution in [2.75, 3.05) is 0 Å². The highest BCUT2D eigenvalue weighted by molar-refractivity contribution is 7.89. The molecule has 0 fully saturated rings. The van der Waals surface area contributed by atoms with Crippen molar-refractivity contribution >= 4 is 38.6 Å². The Morgan fingerprint density at radius 2 is 1.93 bits per heavy atom. The number of nitrogens with two attached hydrogens (primary N) is 1. The molecular weight excluding hydrogens is 388 g/mol. The maximum atomic E-state index is 12.6. The number of fused-ring (bicyclic) bond motifs is 1. The Hall–Kier alpha value is -2.42. The van der Waals surface area contributed by atoms with Gasteiger partial charge >= 0.3 is 0 Å². The third-order valence-corrected chi connectivity index (χ3v) is 6.03. The van der Waals surface area contributed by atoms with Crippen LogP contribution in [0.3, 0.4) is 0 Å². The zero-order valence-corrected chi connectivity index (χ0v) is 16.4. The molecular formula is C18H19ClN4O3S. The van der Waals surface area contributed by atoms with Crippen molar-refractivity contribution in [3.63, 3.8) is 0 Å². The van der Waals surface area contributed by atoms with Gasteiger partial charge in [-0.3, -0.25) is 4.79 Å². The number of aryl methyl sites for hydroxylation is 1. The monoisotopic (exact) mass is 406 g/mol. The first-order chi connectivity index (χ1) is 12.7. The van der Waals surface area contributed by atoms with E-state index in [4.69, 9.17) is 17.3 Å². The van der Waals surface area contributed by atoms with Crippen LogP contribution in [0.5, 0.6) is 0 Å². The van der Waals surface area contributed by atoms with Crippen LogP contribution in [0.2, 0.25) is 5.02 Å². The molecule has 27 heavy (non-hydrogen) atoms. The predicted octanol–water partition coefficient (Wildman–Crippen LogP) is 2.85. The largest absolute Gasteiger partial charge is 0.366 e. The second-order valence-corrected chi connectivity index (χ2v) is 8.23. The van der Waals surface area contributed by atoms with Crippen LogP contribution in [0.4, 0.5) is 0 Å². The van der Waals surface area contributed by atoms with Crippen molar-refractivity contribution in [1.29, 1.82) is 0 Å². The summed E-state index contributed by atoms with van der Waals surface area (Å²) in [5.41, 5.74) is 7.06. The van der Waals surface area contributed by atoms with E-state index in [1.165, 1.54) is 24.3 Å². The molecule has 0 saturated carbocycles. The molecule has 1 amide bonds. The maximum absolute atomic E-state index is 12.6. The Kier molecular flexibility index (Phi) is 5.23. The third kappa shape index (κ3) is 3.83. The fourth-order valence-electron chi connectivity index (χ4n) is 2.93. The molecule has 3 rings (SSSR count). The number of carbonyl (C=O) groups is 1. The van der Waals surface area contributed by atoms with Crippen molar-refractivity contribution in [1.82, 2.24) is 14.3 Å². The Balaban J connectivity index is 1.98. The minimum absolute atomic E-state index is 0.119. The molecule has 9 heteroatoms. The van der Waals surface area contributed by atoms with Gasteiger partial charge < -0.3 is 10.3 Å². The molecule has 3 aromatic rings. The SMILES string of the molecule is CCn1c([C@@H](C)NS(=O)(=O)c2ccc(Cl)cc2)nc2cc(C(N)=O)ccc21. The number of hydrogen-bond acceptors (Lipinski definition) is 4. The number of nitrogens with one attached hydrogen (secondary N) is 1. The number of primary amides is 1. The van der Waals surface area contributed by atoms with Gasteiger partial charge in [0.05, 0.1) is 22.0 Å². The summed E-state index contributed by atoms with van der Waals surface area (Å²) in [4.78, 5) is 16.0. The van der Waals surface area contributed by atoms with Crippen molar-refractivity contribution in [3.05, 3.63) is 58.9 Å². The van der Waals surface area contributed by atoms with Crippen LogP contribution in [0.15, 0.2) is 47.4 Å². The predicted molar refractivity (Wildman–Crippen MR) is 104 cm³/mol. The summed E-state index contributed by atoms with van der Waals surface area (Å²) >= 11 is 5.82. The van der Waals surface area contributed by atoms with Gasteiger partial charge in [0.1, 0.15) is 5.82 Å². The van der Waals surface area contributed by atoms with E-state index in [0.717, 1.165) is 5.52 Å². The van der Waals surface area contributed by atoms with Crippen molar-refractivity contribution in [3.8, 4) is 0 Å². The lowest BCUT2D eigenvalue weighted by atomic mass is 10.2. The number of sulfonamides is 1. The van der Waals surface area contributed by atoms with E-state index in [1.807, 2.05) is 11.5 Å². The van der Waals surface area contributed by atoms with E-state index in [9.17, 15) is 13.2 Å². The molecule has 0 aliphatic carbocycles. The molecule has 0 radical (unpaired) electrons. The topological polar surface area (TPSA) is 107 Å². The Labute approximate surface area is 162 Å². The first-order valence-corrected chi connectivity index (χ1v) is 10.2. The summed E-state index contributed by atoms with van der Waals surface area (Å²) in [7, 11) is -3.74. The number of halogens is 1. The zero-order chi connectivity index (χ0) is 19.8. The Morgan fingerprint density at radius 3 is 2.52 bits per heavy atom. The van der Waals surface area contributed by atoms with E-state index in [-0.39, 0.29) is 4.90 Å². The first-order valence-electron chi connectivity index (χ1n) is 8.31. The van der Waals surface area contributed by atoms with Crippen LogP contribution in [0.1, 0.15) is 36.1 Å². The Bertz CT molecular complexity index is 1110. The van der Waals surface area contributed by atoms with Gasteiger partial charge in [-0.2, -0.15) is 0 Å². The number of rotatable bonds is 6. The summed E-state index contributed by atoms with van der Waals surface area (Å²) in [6.07, 6.45) is 0. The van der Waals surface area contributed by atoms with Crippen LogP contribution in [-0.2, 0) is 16.6 Å². The molecule has 3 N–H and O–H groups in total.